The highest BCUT2D eigenvalue weighted by Gasteiger charge is 2.36. The van der Waals surface area contributed by atoms with Crippen molar-refractivity contribution >= 4 is 17.7 Å². The first-order valence-corrected chi connectivity index (χ1v) is 12.0. The number of nitrogens with zero attached hydrogens (tertiary/aromatic N) is 2. The largest absolute Gasteiger partial charge is 0.336 e. The molecule has 3 nitrogen and oxygen atoms in total. The molecule has 1 aromatic carbocycles. The van der Waals surface area contributed by atoms with Gasteiger partial charge in [0.15, 0.2) is 0 Å². The van der Waals surface area contributed by atoms with E-state index in [1.54, 1.807) is 0 Å². The van der Waals surface area contributed by atoms with Crippen molar-refractivity contribution in [3.8, 4) is 0 Å². The molecule has 2 unspecified atom stereocenters. The van der Waals surface area contributed by atoms with Gasteiger partial charge in [-0.3, -0.25) is 4.79 Å². The summed E-state index contributed by atoms with van der Waals surface area (Å²) in [5.74, 6) is 3.20. The summed E-state index contributed by atoms with van der Waals surface area (Å²) < 4.78 is 0. The Hall–Kier alpha value is -1.00. The van der Waals surface area contributed by atoms with Crippen LogP contribution in [0.25, 0.3) is 0 Å². The van der Waals surface area contributed by atoms with Gasteiger partial charge in [0.1, 0.15) is 0 Å². The van der Waals surface area contributed by atoms with E-state index in [1.165, 1.54) is 49.0 Å². The highest BCUT2D eigenvalue weighted by Crippen LogP contribution is 2.37. The molecule has 4 rings (SSSR count). The van der Waals surface area contributed by atoms with Gasteiger partial charge in [0.2, 0.25) is 5.91 Å². The van der Waals surface area contributed by atoms with E-state index in [2.05, 4.69) is 41.8 Å². The fraction of sp³-hybridized carbons (Fsp3) is 0.696. The molecular weight excluding hydrogens is 352 g/mol. The quantitative estimate of drug-likeness (QED) is 0.772. The monoisotopic (exact) mass is 386 g/mol. The van der Waals surface area contributed by atoms with Crippen LogP contribution >= 0.6 is 11.8 Å². The molecule has 0 aromatic heterocycles. The van der Waals surface area contributed by atoms with Crippen LogP contribution in [0.3, 0.4) is 0 Å². The number of hydrogen-bond donors (Lipinski definition) is 0. The first-order chi connectivity index (χ1) is 13.1. The minimum Gasteiger partial charge on any atom is -0.336 e. The van der Waals surface area contributed by atoms with Gasteiger partial charge in [-0.05, 0) is 61.4 Å². The summed E-state index contributed by atoms with van der Waals surface area (Å²) in [7, 11) is 0. The zero-order chi connectivity index (χ0) is 18.8. The molecule has 2 heterocycles. The number of thioether (sulfide) groups is 1. The fourth-order valence-electron chi connectivity index (χ4n) is 4.97. The van der Waals surface area contributed by atoms with Crippen LogP contribution in [0.15, 0.2) is 18.2 Å². The van der Waals surface area contributed by atoms with Crippen molar-refractivity contribution in [3.05, 3.63) is 34.9 Å². The number of fused-ring (bicyclic) bond motifs is 1. The maximum absolute atomic E-state index is 13.6. The second kappa shape index (κ2) is 8.57. The van der Waals surface area contributed by atoms with E-state index >= 15 is 0 Å². The smallest absolute Gasteiger partial charge is 0.230 e. The average Bonchev–Trinajstić information content (AvgIpc) is 3.12. The number of rotatable bonds is 4. The molecule has 1 aliphatic carbocycles. The highest BCUT2D eigenvalue weighted by molar-refractivity contribution is 7.99. The van der Waals surface area contributed by atoms with Gasteiger partial charge in [-0.2, -0.15) is 11.8 Å². The van der Waals surface area contributed by atoms with E-state index in [4.69, 9.17) is 0 Å². The zero-order valence-electron chi connectivity index (χ0n) is 17.0. The van der Waals surface area contributed by atoms with Crippen molar-refractivity contribution in [2.24, 2.45) is 0 Å². The van der Waals surface area contributed by atoms with Gasteiger partial charge in [-0.15, -0.1) is 0 Å². The highest BCUT2D eigenvalue weighted by atomic mass is 32.2. The topological polar surface area (TPSA) is 23.6 Å². The van der Waals surface area contributed by atoms with Crippen molar-refractivity contribution in [1.29, 1.82) is 0 Å². The Morgan fingerprint density at radius 2 is 2.00 bits per heavy atom. The second-order valence-corrected chi connectivity index (χ2v) is 9.98. The van der Waals surface area contributed by atoms with Gasteiger partial charge >= 0.3 is 0 Å². The van der Waals surface area contributed by atoms with E-state index in [1.807, 2.05) is 11.8 Å². The van der Waals surface area contributed by atoms with Crippen LogP contribution in [0.2, 0.25) is 0 Å². The van der Waals surface area contributed by atoms with Gasteiger partial charge in [-0.25, -0.2) is 0 Å². The number of amides is 1. The zero-order valence-corrected chi connectivity index (χ0v) is 17.8. The number of carbonyl (C=O) groups is 1. The number of piperidine rings is 1. The van der Waals surface area contributed by atoms with Gasteiger partial charge < -0.3 is 9.80 Å². The second-order valence-electron chi connectivity index (χ2n) is 8.83. The third-order valence-corrected chi connectivity index (χ3v) is 7.73. The van der Waals surface area contributed by atoms with Gasteiger partial charge in [0, 0.05) is 24.6 Å². The lowest BCUT2D eigenvalue weighted by atomic mass is 9.93. The van der Waals surface area contributed by atoms with Crippen LogP contribution in [0, 0.1) is 0 Å². The molecule has 3 aliphatic rings. The summed E-state index contributed by atoms with van der Waals surface area (Å²) in [6.45, 7) is 8.91. The maximum Gasteiger partial charge on any atom is 0.230 e. The first-order valence-electron chi connectivity index (χ1n) is 10.9. The van der Waals surface area contributed by atoms with Gasteiger partial charge in [0.25, 0.3) is 0 Å². The Balaban J connectivity index is 1.50. The molecule has 148 valence electrons. The Kier molecular flexibility index (Phi) is 6.13. The Labute approximate surface area is 168 Å². The predicted molar refractivity (Wildman–Crippen MR) is 115 cm³/mol. The molecule has 2 atom stereocenters. The lowest BCUT2D eigenvalue weighted by Crippen LogP contribution is -2.53. The van der Waals surface area contributed by atoms with Crippen LogP contribution in [0.4, 0.5) is 0 Å². The summed E-state index contributed by atoms with van der Waals surface area (Å²) in [5, 5.41) is 0. The van der Waals surface area contributed by atoms with Crippen LogP contribution in [0.1, 0.15) is 68.1 Å². The van der Waals surface area contributed by atoms with Gasteiger partial charge in [0.05, 0.1) is 12.0 Å². The SMILES string of the molecule is CC(C)c1ccc2c(c1)C(C(=O)N1CCSCC1CN1CCCCC1)CC2. The molecule has 0 spiro atoms. The van der Waals surface area contributed by atoms with Crippen molar-refractivity contribution < 1.29 is 4.79 Å². The number of likely N-dealkylation sites (tertiary alicyclic amines) is 1. The van der Waals surface area contributed by atoms with Crippen molar-refractivity contribution in [1.82, 2.24) is 9.80 Å². The lowest BCUT2D eigenvalue weighted by molar-refractivity contribution is -0.135. The fourth-order valence-corrected chi connectivity index (χ4v) is 6.02. The minimum absolute atomic E-state index is 0.0886. The molecule has 0 N–H and O–H groups in total. The molecule has 2 saturated heterocycles. The van der Waals surface area contributed by atoms with Gasteiger partial charge in [-0.1, -0.05) is 38.5 Å². The van der Waals surface area contributed by atoms with Crippen molar-refractivity contribution in [2.75, 3.05) is 37.7 Å². The molecule has 4 heteroatoms. The molecule has 27 heavy (non-hydrogen) atoms. The van der Waals surface area contributed by atoms with E-state index < -0.39 is 0 Å². The summed E-state index contributed by atoms with van der Waals surface area (Å²) in [6, 6.07) is 7.25. The minimum atomic E-state index is 0.0886. The summed E-state index contributed by atoms with van der Waals surface area (Å²) in [5.41, 5.74) is 4.09. The summed E-state index contributed by atoms with van der Waals surface area (Å²) in [4.78, 5) is 18.4. The molecule has 1 aromatic rings. The molecule has 2 aliphatic heterocycles. The maximum atomic E-state index is 13.6. The third kappa shape index (κ3) is 4.22. The average molecular weight is 387 g/mol. The summed E-state index contributed by atoms with van der Waals surface area (Å²) >= 11 is 2.03. The number of benzene rings is 1. The molecule has 2 fully saturated rings. The molecule has 0 bridgehead atoms. The van der Waals surface area contributed by atoms with E-state index in [0.717, 1.165) is 37.4 Å². The number of carbonyl (C=O) groups excluding carboxylic acids is 1. The van der Waals surface area contributed by atoms with Crippen LogP contribution in [-0.4, -0.2) is 59.4 Å². The lowest BCUT2D eigenvalue weighted by Gasteiger charge is -2.40. The van der Waals surface area contributed by atoms with Crippen LogP contribution in [-0.2, 0) is 11.2 Å². The normalized spacial score (nSPS) is 26.4. The Morgan fingerprint density at radius 3 is 2.78 bits per heavy atom. The third-order valence-electron chi connectivity index (χ3n) is 6.64. The Bertz CT molecular complexity index is 668. The molecule has 0 saturated carbocycles. The van der Waals surface area contributed by atoms with Crippen LogP contribution in [0.5, 0.6) is 0 Å². The van der Waals surface area contributed by atoms with Crippen molar-refractivity contribution in [3.63, 3.8) is 0 Å². The summed E-state index contributed by atoms with van der Waals surface area (Å²) in [6.07, 6.45) is 6.07. The molecule has 0 radical (unpaired) electrons. The predicted octanol–water partition coefficient (Wildman–Crippen LogP) is 4.27. The standard InChI is InChI=1S/C23H34N2OS/c1-17(2)19-7-6-18-8-9-21(22(18)14-19)23(26)25-12-13-27-16-20(25)15-24-10-4-3-5-11-24/h6-7,14,17,20-21H,3-5,8-13,15-16H2,1-2H3. The first kappa shape index (κ1) is 19.3. The number of aryl methyl sites for hydroxylation is 1. The molecular formula is C23H34N2OS. The van der Waals surface area contributed by atoms with E-state index in [9.17, 15) is 4.79 Å². The van der Waals surface area contributed by atoms with E-state index in [-0.39, 0.29) is 5.92 Å². The number of hydrogen-bond acceptors (Lipinski definition) is 3. The molecule has 1 amide bonds. The Morgan fingerprint density at radius 1 is 1.19 bits per heavy atom. The van der Waals surface area contributed by atoms with E-state index in [0.29, 0.717) is 17.9 Å². The van der Waals surface area contributed by atoms with Crippen LogP contribution < -0.4 is 0 Å². The van der Waals surface area contributed by atoms with Crippen molar-refractivity contribution in [2.45, 2.75) is 63.8 Å².